The van der Waals surface area contributed by atoms with Gasteiger partial charge in [-0.05, 0) is 103 Å². The van der Waals surface area contributed by atoms with Crippen LogP contribution in [0.5, 0.6) is 0 Å². The average molecular weight is 817 g/mol. The number of rotatable bonds is 6. The molecular weight excluding hydrogens is 777 g/mol. The molecule has 0 bridgehead atoms. The Morgan fingerprint density at radius 3 is 1.25 bits per heavy atom. The molecule has 0 aliphatic rings. The van der Waals surface area contributed by atoms with Crippen LogP contribution in [-0.4, -0.2) is 18.7 Å². The van der Waals surface area contributed by atoms with Crippen molar-refractivity contribution in [3.8, 4) is 33.6 Å². The van der Waals surface area contributed by atoms with Crippen LogP contribution in [0.4, 0.5) is 0 Å². The Morgan fingerprint density at radius 2 is 0.698 bits per heavy atom. The fourth-order valence-electron chi connectivity index (χ4n) is 10.5. The summed E-state index contributed by atoms with van der Waals surface area (Å²) in [6.45, 7) is 0. The van der Waals surface area contributed by atoms with Gasteiger partial charge in [0.25, 0.3) is 0 Å². The van der Waals surface area contributed by atoms with E-state index < -0.39 is 9.52 Å². The highest BCUT2D eigenvalue weighted by atomic mass is 28.2. The second-order valence-corrected chi connectivity index (χ2v) is 18.9. The van der Waals surface area contributed by atoms with E-state index in [9.17, 15) is 0 Å². The molecule has 0 amide bonds. The van der Waals surface area contributed by atoms with Crippen molar-refractivity contribution in [2.24, 2.45) is 0 Å². The van der Waals surface area contributed by atoms with Gasteiger partial charge in [-0.2, -0.15) is 0 Å². The molecule has 63 heavy (non-hydrogen) atoms. The van der Waals surface area contributed by atoms with E-state index in [-0.39, 0.29) is 0 Å². The van der Waals surface area contributed by atoms with Crippen LogP contribution in [0.3, 0.4) is 0 Å². The lowest BCUT2D eigenvalue weighted by Crippen LogP contribution is -2.26. The van der Waals surface area contributed by atoms with E-state index in [1.54, 1.807) is 0 Å². The fourth-order valence-corrected chi connectivity index (χ4v) is 12.1. The van der Waals surface area contributed by atoms with Gasteiger partial charge in [-0.1, -0.05) is 192 Å². The van der Waals surface area contributed by atoms with Crippen LogP contribution in [0.2, 0.25) is 0 Å². The topological polar surface area (TPSA) is 9.86 Å². The molecule has 0 fully saturated rings. The van der Waals surface area contributed by atoms with Gasteiger partial charge in [-0.25, -0.2) is 0 Å². The Bertz CT molecular complexity index is 3710. The van der Waals surface area contributed by atoms with Crippen molar-refractivity contribution in [3.63, 3.8) is 0 Å². The van der Waals surface area contributed by atoms with Gasteiger partial charge in [0.2, 0.25) is 0 Å². The minimum Gasteiger partial charge on any atom is -0.309 e. The predicted octanol–water partition coefficient (Wildman–Crippen LogP) is 13.8. The lowest BCUT2D eigenvalue weighted by Gasteiger charge is -2.21. The van der Waals surface area contributed by atoms with Gasteiger partial charge < -0.3 is 9.13 Å². The second kappa shape index (κ2) is 14.3. The molecule has 3 heteroatoms. The minimum atomic E-state index is -0.736. The summed E-state index contributed by atoms with van der Waals surface area (Å²) in [6.07, 6.45) is 0. The lowest BCUT2D eigenvalue weighted by atomic mass is 9.85. The summed E-state index contributed by atoms with van der Waals surface area (Å²) in [6, 6.07) is 85.9. The molecule has 0 radical (unpaired) electrons. The number of aromatic nitrogens is 2. The number of hydrogen-bond donors (Lipinski definition) is 0. The first-order valence-corrected chi connectivity index (χ1v) is 23.3. The van der Waals surface area contributed by atoms with Crippen LogP contribution < -0.4 is 10.4 Å². The van der Waals surface area contributed by atoms with Crippen LogP contribution in [0, 0.1) is 0 Å². The standard InChI is InChI=1S/C60H40N2Si/c1-2-18-45(19-3-1)63-46-32-33-53-54(38-46)59(41-31-30-39-16-4-5-17-40(39)34-41)51-24-6-7-25-52(51)60(53)42-35-43(61-55-26-12-8-20-47(55)48-21-9-13-27-56(48)61)37-44(36-42)62-57-28-14-10-22-49(57)50-23-11-15-29-58(50)62/h1-38H,63H2. The smallest absolute Gasteiger partial charge is 0.0875 e. The highest BCUT2D eigenvalue weighted by molar-refractivity contribution is 6.67. The van der Waals surface area contributed by atoms with E-state index in [0.717, 1.165) is 11.4 Å². The molecule has 2 heterocycles. The van der Waals surface area contributed by atoms with Gasteiger partial charge in [0.05, 0.1) is 31.6 Å². The zero-order valence-electron chi connectivity index (χ0n) is 34.5. The molecule has 0 aliphatic carbocycles. The summed E-state index contributed by atoms with van der Waals surface area (Å²) in [4.78, 5) is 0. The summed E-state index contributed by atoms with van der Waals surface area (Å²) in [5.74, 6) is 0. The van der Waals surface area contributed by atoms with E-state index in [2.05, 4.69) is 240 Å². The van der Waals surface area contributed by atoms with E-state index >= 15 is 0 Å². The molecule has 2 aromatic heterocycles. The molecule has 11 aromatic carbocycles. The molecule has 0 saturated carbocycles. The van der Waals surface area contributed by atoms with Crippen molar-refractivity contribution in [1.29, 1.82) is 0 Å². The number of benzene rings is 11. The summed E-state index contributed by atoms with van der Waals surface area (Å²) < 4.78 is 4.95. The van der Waals surface area contributed by atoms with Crippen molar-refractivity contribution in [2.75, 3.05) is 0 Å². The Labute approximate surface area is 367 Å². The first kappa shape index (κ1) is 35.7. The Morgan fingerprint density at radius 1 is 0.254 bits per heavy atom. The second-order valence-electron chi connectivity index (χ2n) is 16.9. The van der Waals surface area contributed by atoms with Crippen LogP contribution in [0.25, 0.3) is 110 Å². The Hall–Kier alpha value is -7.98. The summed E-state index contributed by atoms with van der Waals surface area (Å²) in [7, 11) is -0.736. The zero-order chi connectivity index (χ0) is 41.4. The highest BCUT2D eigenvalue weighted by Crippen LogP contribution is 2.46. The van der Waals surface area contributed by atoms with E-state index in [4.69, 9.17) is 0 Å². The van der Waals surface area contributed by atoms with Crippen LogP contribution in [-0.2, 0) is 0 Å². The lowest BCUT2D eigenvalue weighted by molar-refractivity contribution is 1.14. The molecule has 0 unspecified atom stereocenters. The maximum Gasteiger partial charge on any atom is 0.0875 e. The van der Waals surface area contributed by atoms with Crippen molar-refractivity contribution in [1.82, 2.24) is 9.13 Å². The summed E-state index contributed by atoms with van der Waals surface area (Å²) in [5.41, 5.74) is 12.0. The largest absolute Gasteiger partial charge is 0.309 e. The third kappa shape index (κ3) is 5.71. The van der Waals surface area contributed by atoms with Gasteiger partial charge in [-0.3, -0.25) is 0 Å². The van der Waals surface area contributed by atoms with Crippen LogP contribution in [0.1, 0.15) is 0 Å². The van der Waals surface area contributed by atoms with Gasteiger partial charge in [0.15, 0.2) is 0 Å². The maximum atomic E-state index is 2.53. The summed E-state index contributed by atoms with van der Waals surface area (Å²) in [5, 5.41) is 15.4. The van der Waals surface area contributed by atoms with E-state index in [0.29, 0.717) is 0 Å². The highest BCUT2D eigenvalue weighted by Gasteiger charge is 2.22. The predicted molar refractivity (Wildman–Crippen MR) is 273 cm³/mol. The molecular formula is C60H40N2Si. The van der Waals surface area contributed by atoms with Crippen molar-refractivity contribution in [2.45, 2.75) is 0 Å². The van der Waals surface area contributed by atoms with E-state index in [1.165, 1.54) is 109 Å². The maximum absolute atomic E-state index is 2.53. The quantitative estimate of drug-likeness (QED) is 0.117. The first-order chi connectivity index (χ1) is 31.2. The SMILES string of the molecule is c1ccc([SiH2]c2ccc3c(-c4cc(-n5c6ccccc6c6ccccc65)cc(-n5c6ccccc6c6ccccc65)c4)c4ccccc4c(-c4ccc5ccccc5c4)c3c2)cc1. The molecule has 0 N–H and O–H groups in total. The molecule has 294 valence electrons. The molecule has 2 nitrogen and oxygen atoms in total. The first-order valence-electron chi connectivity index (χ1n) is 21.9. The number of para-hydroxylation sites is 4. The number of fused-ring (bicyclic) bond motifs is 9. The third-order valence-electron chi connectivity index (χ3n) is 13.2. The van der Waals surface area contributed by atoms with Crippen molar-refractivity contribution >= 4 is 95.8 Å². The molecule has 0 saturated heterocycles. The molecule has 13 aromatic rings. The van der Waals surface area contributed by atoms with Gasteiger partial charge in [0, 0.05) is 32.9 Å². The molecule has 13 rings (SSSR count). The van der Waals surface area contributed by atoms with Crippen LogP contribution >= 0.6 is 0 Å². The van der Waals surface area contributed by atoms with Gasteiger partial charge >= 0.3 is 0 Å². The molecule has 0 aliphatic heterocycles. The fraction of sp³-hybridized carbons (Fsp3) is 0. The number of nitrogens with zero attached hydrogens (tertiary/aromatic N) is 2. The summed E-state index contributed by atoms with van der Waals surface area (Å²) >= 11 is 0. The average Bonchev–Trinajstić information content (AvgIpc) is 3.86. The minimum absolute atomic E-state index is 0.736. The third-order valence-corrected chi connectivity index (χ3v) is 15.0. The van der Waals surface area contributed by atoms with Crippen molar-refractivity contribution < 1.29 is 0 Å². The Kier molecular flexibility index (Phi) is 8.12. The Balaban J connectivity index is 1.16. The zero-order valence-corrected chi connectivity index (χ0v) is 36.0. The van der Waals surface area contributed by atoms with Gasteiger partial charge in [0.1, 0.15) is 0 Å². The normalized spacial score (nSPS) is 12.1. The van der Waals surface area contributed by atoms with Gasteiger partial charge in [-0.15, -0.1) is 0 Å². The molecule has 0 atom stereocenters. The van der Waals surface area contributed by atoms with Crippen molar-refractivity contribution in [3.05, 3.63) is 231 Å². The molecule has 0 spiro atoms. The van der Waals surface area contributed by atoms with E-state index in [1.807, 2.05) is 0 Å². The number of hydrogen-bond acceptors (Lipinski definition) is 0. The monoisotopic (exact) mass is 816 g/mol. The van der Waals surface area contributed by atoms with Crippen LogP contribution in [0.15, 0.2) is 231 Å².